The molecule has 0 saturated carbocycles. The summed E-state index contributed by atoms with van der Waals surface area (Å²) in [5.74, 6) is 2.04. The summed E-state index contributed by atoms with van der Waals surface area (Å²) in [5.41, 5.74) is -0.575. The van der Waals surface area contributed by atoms with Crippen LogP contribution in [0, 0.1) is 18.3 Å². The van der Waals surface area contributed by atoms with Crippen molar-refractivity contribution in [2.24, 2.45) is 5.92 Å². The summed E-state index contributed by atoms with van der Waals surface area (Å²) in [6, 6.07) is 0. The molecule has 7 heteroatoms. The second kappa shape index (κ2) is 10.4. The molecule has 0 aromatic heterocycles. The predicted octanol–water partition coefficient (Wildman–Crippen LogP) is 2.58. The Morgan fingerprint density at radius 1 is 1.35 bits per heavy atom. The summed E-state index contributed by atoms with van der Waals surface area (Å²) < 4.78 is 21.7. The minimum Gasteiger partial charge on any atom is -0.462 e. The van der Waals surface area contributed by atoms with Gasteiger partial charge < -0.3 is 23.8 Å². The molecule has 1 rings (SSSR count). The summed E-state index contributed by atoms with van der Waals surface area (Å²) >= 11 is 0. The van der Waals surface area contributed by atoms with Gasteiger partial charge in [0.25, 0.3) is 0 Å². The molecule has 1 fully saturated rings. The van der Waals surface area contributed by atoms with Crippen molar-refractivity contribution in [1.82, 2.24) is 4.90 Å². The van der Waals surface area contributed by atoms with E-state index in [0.29, 0.717) is 32.4 Å². The lowest BCUT2D eigenvalue weighted by Gasteiger charge is -2.41. The molecule has 3 unspecified atom stereocenters. The molecule has 1 heterocycles. The van der Waals surface area contributed by atoms with Gasteiger partial charge in [-0.1, -0.05) is 0 Å². The van der Waals surface area contributed by atoms with E-state index in [4.69, 9.17) is 25.4 Å². The molecule has 0 aliphatic carbocycles. The van der Waals surface area contributed by atoms with E-state index in [1.807, 2.05) is 20.8 Å². The van der Waals surface area contributed by atoms with Crippen LogP contribution in [0.1, 0.15) is 47.0 Å². The lowest BCUT2D eigenvalue weighted by molar-refractivity contribution is -0.163. The molecule has 3 atom stereocenters. The number of carbonyl (C=O) groups excluding carboxylic acids is 2. The van der Waals surface area contributed by atoms with E-state index in [0.717, 1.165) is 0 Å². The summed E-state index contributed by atoms with van der Waals surface area (Å²) in [6.45, 7) is 7.78. The number of piperidine rings is 1. The van der Waals surface area contributed by atoms with Crippen molar-refractivity contribution in [1.29, 1.82) is 0 Å². The van der Waals surface area contributed by atoms with Crippen LogP contribution in [0.25, 0.3) is 0 Å². The third-order valence-electron chi connectivity index (χ3n) is 4.01. The maximum atomic E-state index is 12.4. The van der Waals surface area contributed by atoms with E-state index in [2.05, 4.69) is 5.92 Å². The monoisotopic (exact) mass is 369 g/mol. The van der Waals surface area contributed by atoms with Crippen LogP contribution < -0.4 is 0 Å². The third-order valence-corrected chi connectivity index (χ3v) is 4.01. The number of amides is 1. The fourth-order valence-electron chi connectivity index (χ4n) is 2.97. The quantitative estimate of drug-likeness (QED) is 0.390. The molecule has 1 aliphatic rings. The number of esters is 1. The molecule has 0 radical (unpaired) electrons. The number of hydrogen-bond acceptors (Lipinski definition) is 6. The molecule has 0 aromatic carbocycles. The molecule has 26 heavy (non-hydrogen) atoms. The summed E-state index contributed by atoms with van der Waals surface area (Å²) in [4.78, 5) is 25.6. The van der Waals surface area contributed by atoms with E-state index >= 15 is 0 Å². The van der Waals surface area contributed by atoms with Crippen LogP contribution in [-0.4, -0.2) is 61.8 Å². The van der Waals surface area contributed by atoms with Gasteiger partial charge in [0, 0.05) is 45.9 Å². The number of carbonyl (C=O) groups is 2. The van der Waals surface area contributed by atoms with E-state index in [1.54, 1.807) is 4.90 Å². The van der Waals surface area contributed by atoms with Crippen LogP contribution in [0.3, 0.4) is 0 Å². The van der Waals surface area contributed by atoms with Gasteiger partial charge in [0.05, 0.1) is 6.10 Å². The van der Waals surface area contributed by atoms with E-state index in [9.17, 15) is 9.59 Å². The van der Waals surface area contributed by atoms with Gasteiger partial charge in [-0.3, -0.25) is 4.79 Å². The molecule has 7 nitrogen and oxygen atoms in total. The van der Waals surface area contributed by atoms with Crippen LogP contribution in [0.4, 0.5) is 4.79 Å². The van der Waals surface area contributed by atoms with Crippen molar-refractivity contribution in [3.8, 4) is 12.3 Å². The number of likely N-dealkylation sites (tertiary alicyclic amines) is 1. The zero-order valence-corrected chi connectivity index (χ0v) is 16.4. The van der Waals surface area contributed by atoms with E-state index in [1.165, 1.54) is 14.0 Å². The minimum absolute atomic E-state index is 0.102. The Morgan fingerprint density at radius 2 is 2.04 bits per heavy atom. The van der Waals surface area contributed by atoms with Crippen molar-refractivity contribution >= 4 is 12.1 Å². The molecule has 0 aromatic rings. The topological polar surface area (TPSA) is 74.3 Å². The smallest absolute Gasteiger partial charge is 0.410 e. The van der Waals surface area contributed by atoms with Crippen LogP contribution in [0.15, 0.2) is 0 Å². The highest BCUT2D eigenvalue weighted by molar-refractivity contribution is 5.68. The SMILES string of the molecule is C#CCCC(OCOC)C1CN(C(=O)OC(C)(C)C)CCC1OC(C)=O. The Balaban J connectivity index is 2.92. The van der Waals surface area contributed by atoms with E-state index in [-0.39, 0.29) is 37.0 Å². The predicted molar refractivity (Wildman–Crippen MR) is 96.3 cm³/mol. The Kier molecular flexibility index (Phi) is 8.89. The highest BCUT2D eigenvalue weighted by atomic mass is 16.7. The first-order chi connectivity index (χ1) is 12.2. The average molecular weight is 369 g/mol. The van der Waals surface area contributed by atoms with Gasteiger partial charge in [0.15, 0.2) is 0 Å². The number of nitrogens with zero attached hydrogens (tertiary/aromatic N) is 1. The number of methoxy groups -OCH3 is 1. The van der Waals surface area contributed by atoms with Gasteiger partial charge >= 0.3 is 12.1 Å². The van der Waals surface area contributed by atoms with Crippen LogP contribution in [0.5, 0.6) is 0 Å². The standard InChI is InChI=1S/C19H31NO6/c1-7-8-9-16(24-13-23-6)15-12-20(18(22)26-19(3,4)5)11-10-17(15)25-14(2)21/h1,15-17H,8-13H2,2-6H3. The summed E-state index contributed by atoms with van der Waals surface area (Å²) in [7, 11) is 1.54. The summed E-state index contributed by atoms with van der Waals surface area (Å²) in [6.07, 6.45) is 6.00. The molecular formula is C19H31NO6. The minimum atomic E-state index is -0.575. The van der Waals surface area contributed by atoms with Crippen LogP contribution in [-0.2, 0) is 23.7 Å². The second-order valence-corrected chi connectivity index (χ2v) is 7.38. The zero-order valence-electron chi connectivity index (χ0n) is 16.4. The fraction of sp³-hybridized carbons (Fsp3) is 0.789. The molecular weight excluding hydrogens is 338 g/mol. The molecule has 0 N–H and O–H groups in total. The first-order valence-corrected chi connectivity index (χ1v) is 8.87. The van der Waals surface area contributed by atoms with Crippen LogP contribution >= 0.6 is 0 Å². The highest BCUT2D eigenvalue weighted by Crippen LogP contribution is 2.28. The Labute approximate surface area is 156 Å². The van der Waals surface area contributed by atoms with Gasteiger partial charge in [-0.05, 0) is 27.2 Å². The Hall–Kier alpha value is -1.78. The second-order valence-electron chi connectivity index (χ2n) is 7.38. The first-order valence-electron chi connectivity index (χ1n) is 8.87. The van der Waals surface area contributed by atoms with Crippen molar-refractivity contribution < 1.29 is 28.5 Å². The normalized spacial score (nSPS) is 21.6. The summed E-state index contributed by atoms with van der Waals surface area (Å²) in [5, 5.41) is 0. The maximum Gasteiger partial charge on any atom is 0.410 e. The van der Waals surface area contributed by atoms with Gasteiger partial charge in [-0.15, -0.1) is 12.3 Å². The first kappa shape index (κ1) is 22.3. The molecule has 148 valence electrons. The number of hydrogen-bond donors (Lipinski definition) is 0. The third kappa shape index (κ3) is 7.63. The number of terminal acetylenes is 1. The molecule has 0 bridgehead atoms. The highest BCUT2D eigenvalue weighted by Gasteiger charge is 2.39. The number of rotatable bonds is 7. The molecule has 1 amide bonds. The Bertz CT molecular complexity index is 507. The number of ether oxygens (including phenoxy) is 4. The van der Waals surface area contributed by atoms with Crippen LogP contribution in [0.2, 0.25) is 0 Å². The lowest BCUT2D eigenvalue weighted by atomic mass is 9.87. The average Bonchev–Trinajstić information content (AvgIpc) is 2.53. The fourth-order valence-corrected chi connectivity index (χ4v) is 2.97. The van der Waals surface area contributed by atoms with Gasteiger partial charge in [-0.25, -0.2) is 4.79 Å². The molecule has 1 saturated heterocycles. The van der Waals surface area contributed by atoms with Gasteiger partial charge in [0.1, 0.15) is 18.5 Å². The lowest BCUT2D eigenvalue weighted by Crippen LogP contribution is -2.52. The Morgan fingerprint density at radius 3 is 2.58 bits per heavy atom. The van der Waals surface area contributed by atoms with Gasteiger partial charge in [0.2, 0.25) is 0 Å². The van der Waals surface area contributed by atoms with Crippen molar-refractivity contribution in [3.05, 3.63) is 0 Å². The molecule has 0 spiro atoms. The van der Waals surface area contributed by atoms with Crippen molar-refractivity contribution in [3.63, 3.8) is 0 Å². The van der Waals surface area contributed by atoms with Crippen molar-refractivity contribution in [2.45, 2.75) is 64.8 Å². The van der Waals surface area contributed by atoms with E-state index < -0.39 is 5.60 Å². The maximum absolute atomic E-state index is 12.4. The molecule has 1 aliphatic heterocycles. The zero-order chi connectivity index (χ0) is 19.7. The largest absolute Gasteiger partial charge is 0.462 e. The van der Waals surface area contributed by atoms with Crippen molar-refractivity contribution in [2.75, 3.05) is 27.0 Å². The van der Waals surface area contributed by atoms with Gasteiger partial charge in [-0.2, -0.15) is 0 Å².